The molecule has 3 nitrogen and oxygen atoms in total. The van der Waals surface area contributed by atoms with Crippen molar-refractivity contribution in [1.82, 2.24) is 0 Å². The Bertz CT molecular complexity index is 221. The Morgan fingerprint density at radius 2 is 2.38 bits per heavy atom. The molecule has 0 aromatic carbocycles. The molecule has 0 radical (unpaired) electrons. The lowest BCUT2D eigenvalue weighted by atomic mass is 10.5. The summed E-state index contributed by atoms with van der Waals surface area (Å²) < 4.78 is 4.43. The number of hydrogen-bond donors (Lipinski definition) is 1. The van der Waals surface area contributed by atoms with E-state index in [-0.39, 0.29) is 11.7 Å². The third-order valence-corrected chi connectivity index (χ3v) is 0.702. The van der Waals surface area contributed by atoms with Gasteiger partial charge in [0.2, 0.25) is 5.76 Å². The van der Waals surface area contributed by atoms with Crippen molar-refractivity contribution in [3.8, 4) is 12.0 Å². The van der Waals surface area contributed by atoms with E-state index in [1.165, 1.54) is 12.1 Å². The summed E-state index contributed by atoms with van der Waals surface area (Å²) in [4.78, 5) is 0. The number of hydrogen-bond acceptors (Lipinski definition) is 3. The molecule has 0 fully saturated rings. The molecule has 0 aliphatic heterocycles. The van der Waals surface area contributed by atoms with Gasteiger partial charge in [0.05, 0.1) is 0 Å². The molecule has 1 heterocycles. The number of nitriles is 1. The van der Waals surface area contributed by atoms with Crippen LogP contribution in [0.2, 0.25) is 0 Å². The van der Waals surface area contributed by atoms with Crippen LogP contribution in [0.5, 0.6) is 5.95 Å². The molecule has 40 valence electrons. The maximum Gasteiger partial charge on any atom is 0.283 e. The van der Waals surface area contributed by atoms with Crippen molar-refractivity contribution in [2.24, 2.45) is 0 Å². The molecule has 3 heteroatoms. The summed E-state index contributed by atoms with van der Waals surface area (Å²) >= 11 is 0. The fraction of sp³-hybridized carbons (Fsp3) is 0. The van der Waals surface area contributed by atoms with Crippen LogP contribution in [0.15, 0.2) is 16.5 Å². The second kappa shape index (κ2) is 1.58. The van der Waals surface area contributed by atoms with Gasteiger partial charge in [-0.1, -0.05) is 0 Å². The third-order valence-electron chi connectivity index (χ3n) is 0.702. The predicted octanol–water partition coefficient (Wildman–Crippen LogP) is 0.857. The lowest BCUT2D eigenvalue weighted by Gasteiger charge is -1.73. The summed E-state index contributed by atoms with van der Waals surface area (Å²) in [5, 5.41) is 16.6. The van der Waals surface area contributed by atoms with E-state index in [0.717, 1.165) is 0 Å². The van der Waals surface area contributed by atoms with Gasteiger partial charge in [-0.05, 0) is 6.07 Å². The van der Waals surface area contributed by atoms with Crippen molar-refractivity contribution >= 4 is 0 Å². The second-order valence-electron chi connectivity index (χ2n) is 1.25. The zero-order chi connectivity index (χ0) is 5.98. The summed E-state index contributed by atoms with van der Waals surface area (Å²) in [7, 11) is 0. The van der Waals surface area contributed by atoms with Crippen LogP contribution in [-0.2, 0) is 0 Å². The van der Waals surface area contributed by atoms with Crippen LogP contribution in [0.4, 0.5) is 0 Å². The van der Waals surface area contributed by atoms with Gasteiger partial charge in [-0.3, -0.25) is 0 Å². The fourth-order valence-corrected chi connectivity index (χ4v) is 0.388. The fourth-order valence-electron chi connectivity index (χ4n) is 0.388. The van der Waals surface area contributed by atoms with Crippen molar-refractivity contribution in [2.45, 2.75) is 0 Å². The molecule has 0 spiro atoms. The summed E-state index contributed by atoms with van der Waals surface area (Å²) in [6.07, 6.45) is 0. The van der Waals surface area contributed by atoms with E-state index in [0.29, 0.717) is 0 Å². The molecular weight excluding hydrogens is 106 g/mol. The monoisotopic (exact) mass is 109 g/mol. The first kappa shape index (κ1) is 4.72. The molecule has 0 atom stereocenters. The molecule has 1 aromatic heterocycles. The zero-order valence-corrected chi connectivity index (χ0v) is 3.96. The first-order chi connectivity index (χ1) is 3.83. The Morgan fingerprint density at radius 1 is 1.62 bits per heavy atom. The third kappa shape index (κ3) is 0.636. The molecule has 0 unspecified atom stereocenters. The van der Waals surface area contributed by atoms with Crippen LogP contribution in [0.25, 0.3) is 0 Å². The van der Waals surface area contributed by atoms with Crippen LogP contribution in [0, 0.1) is 11.3 Å². The van der Waals surface area contributed by atoms with E-state index in [1.54, 1.807) is 6.07 Å². The molecule has 0 bridgehead atoms. The lowest BCUT2D eigenvalue weighted by Crippen LogP contribution is -1.55. The Hall–Kier alpha value is -1.43. The van der Waals surface area contributed by atoms with Gasteiger partial charge in [0, 0.05) is 6.07 Å². The Kier molecular flexibility index (Phi) is 0.935. The minimum Gasteiger partial charge on any atom is -0.481 e. The highest BCUT2D eigenvalue weighted by Crippen LogP contribution is 2.11. The number of furan rings is 1. The average molecular weight is 109 g/mol. The SMILES string of the molecule is N#Cc1ccc(O)o1. The van der Waals surface area contributed by atoms with Crippen LogP contribution in [0.3, 0.4) is 0 Å². The highest BCUT2D eigenvalue weighted by Gasteiger charge is 1.94. The van der Waals surface area contributed by atoms with E-state index < -0.39 is 0 Å². The van der Waals surface area contributed by atoms with E-state index in [2.05, 4.69) is 4.42 Å². The van der Waals surface area contributed by atoms with Crippen molar-refractivity contribution < 1.29 is 9.52 Å². The summed E-state index contributed by atoms with van der Waals surface area (Å²) in [5.41, 5.74) is 0. The maximum atomic E-state index is 8.47. The number of aromatic hydroxyl groups is 1. The van der Waals surface area contributed by atoms with Gasteiger partial charge in [0.25, 0.3) is 5.95 Å². The van der Waals surface area contributed by atoms with Gasteiger partial charge in [-0.25, -0.2) is 0 Å². The highest BCUT2D eigenvalue weighted by molar-refractivity contribution is 5.20. The molecule has 0 amide bonds. The molecular formula is C5H3NO2. The Balaban J connectivity index is 3.05. The van der Waals surface area contributed by atoms with Crippen molar-refractivity contribution in [2.75, 3.05) is 0 Å². The van der Waals surface area contributed by atoms with Crippen LogP contribution < -0.4 is 0 Å². The second-order valence-corrected chi connectivity index (χ2v) is 1.25. The molecule has 0 aliphatic carbocycles. The predicted molar refractivity (Wildman–Crippen MR) is 25.1 cm³/mol. The van der Waals surface area contributed by atoms with Gasteiger partial charge in [-0.15, -0.1) is 0 Å². The minimum absolute atomic E-state index is 0.127. The standard InChI is InChI=1S/C5H3NO2/c6-3-4-1-2-5(7)8-4/h1-2,7H. The van der Waals surface area contributed by atoms with E-state index >= 15 is 0 Å². The molecule has 1 N–H and O–H groups in total. The molecule has 0 saturated heterocycles. The van der Waals surface area contributed by atoms with Crippen LogP contribution in [-0.4, -0.2) is 5.11 Å². The molecule has 8 heavy (non-hydrogen) atoms. The van der Waals surface area contributed by atoms with Gasteiger partial charge in [0.1, 0.15) is 6.07 Å². The summed E-state index contributed by atoms with van der Waals surface area (Å²) in [5.74, 6) is -0.0935. The molecule has 1 aromatic rings. The lowest BCUT2D eigenvalue weighted by molar-refractivity contribution is 0.329. The van der Waals surface area contributed by atoms with E-state index in [1.807, 2.05) is 0 Å². The van der Waals surface area contributed by atoms with Gasteiger partial charge in [0.15, 0.2) is 0 Å². The highest BCUT2D eigenvalue weighted by atomic mass is 16.5. The molecule has 1 rings (SSSR count). The topological polar surface area (TPSA) is 57.2 Å². The Morgan fingerprint density at radius 3 is 2.62 bits per heavy atom. The first-order valence-corrected chi connectivity index (χ1v) is 2.02. The number of nitrogens with zero attached hydrogens (tertiary/aromatic N) is 1. The molecule has 0 saturated carbocycles. The largest absolute Gasteiger partial charge is 0.481 e. The van der Waals surface area contributed by atoms with Crippen molar-refractivity contribution in [3.63, 3.8) is 0 Å². The van der Waals surface area contributed by atoms with E-state index in [4.69, 9.17) is 10.4 Å². The van der Waals surface area contributed by atoms with Gasteiger partial charge < -0.3 is 9.52 Å². The van der Waals surface area contributed by atoms with Crippen molar-refractivity contribution in [1.29, 1.82) is 5.26 Å². The zero-order valence-electron chi connectivity index (χ0n) is 3.96. The average Bonchev–Trinajstić information content (AvgIpc) is 2.14. The van der Waals surface area contributed by atoms with Crippen molar-refractivity contribution in [3.05, 3.63) is 17.9 Å². The van der Waals surface area contributed by atoms with Gasteiger partial charge >= 0.3 is 0 Å². The summed E-state index contributed by atoms with van der Waals surface area (Å²) in [6.45, 7) is 0. The smallest absolute Gasteiger partial charge is 0.283 e. The normalized spacial score (nSPS) is 8.38. The number of rotatable bonds is 0. The van der Waals surface area contributed by atoms with E-state index in [9.17, 15) is 0 Å². The van der Waals surface area contributed by atoms with Crippen LogP contribution >= 0.6 is 0 Å². The van der Waals surface area contributed by atoms with Crippen LogP contribution in [0.1, 0.15) is 5.76 Å². The van der Waals surface area contributed by atoms with Gasteiger partial charge in [-0.2, -0.15) is 5.26 Å². The first-order valence-electron chi connectivity index (χ1n) is 2.02. The summed E-state index contributed by atoms with van der Waals surface area (Å²) in [6, 6.07) is 4.44. The quantitative estimate of drug-likeness (QED) is 0.537. The molecule has 0 aliphatic rings. The Labute approximate surface area is 45.8 Å². The minimum atomic E-state index is -0.221. The maximum absolute atomic E-state index is 8.47.